The lowest BCUT2D eigenvalue weighted by molar-refractivity contribution is 0.109. The van der Waals surface area contributed by atoms with Crippen LogP contribution < -0.4 is 10.0 Å². The minimum Gasteiger partial charge on any atom is -0.376 e. The number of ether oxygens (including phenoxy) is 1. The number of halogens is 1. The first-order valence-electron chi connectivity index (χ1n) is 10.7. The summed E-state index contributed by atoms with van der Waals surface area (Å²) in [5, 5.41) is 8.60. The molecule has 9 nitrogen and oxygen atoms in total. The molecule has 2 N–H and O–H groups in total. The number of rotatable bonds is 7. The van der Waals surface area contributed by atoms with Gasteiger partial charge in [-0.25, -0.2) is 22.5 Å². The van der Waals surface area contributed by atoms with E-state index in [4.69, 9.17) is 14.7 Å². The number of anilines is 1. The fraction of sp³-hybridized carbons (Fsp3) is 0.261. The summed E-state index contributed by atoms with van der Waals surface area (Å²) in [4.78, 5) is 9.47. The van der Waals surface area contributed by atoms with E-state index in [2.05, 4.69) is 15.1 Å². The Morgan fingerprint density at radius 2 is 2.00 bits per heavy atom. The van der Waals surface area contributed by atoms with Crippen molar-refractivity contribution in [1.29, 1.82) is 0 Å². The van der Waals surface area contributed by atoms with Crippen molar-refractivity contribution in [3.63, 3.8) is 0 Å². The molecule has 0 spiro atoms. The van der Waals surface area contributed by atoms with E-state index in [9.17, 15) is 12.8 Å². The number of benzene rings is 2. The van der Waals surface area contributed by atoms with Gasteiger partial charge in [-0.05, 0) is 29.3 Å². The second-order valence-electron chi connectivity index (χ2n) is 8.08. The summed E-state index contributed by atoms with van der Waals surface area (Å²) in [5.74, 6) is 0.713. The molecule has 176 valence electrons. The topological polar surface area (TPSA) is 111 Å². The van der Waals surface area contributed by atoms with Crippen molar-refractivity contribution in [3.8, 4) is 5.95 Å². The van der Waals surface area contributed by atoms with Gasteiger partial charge in [0, 0.05) is 30.5 Å². The highest BCUT2D eigenvalue weighted by Crippen LogP contribution is 2.26. The molecule has 1 aliphatic heterocycles. The summed E-state index contributed by atoms with van der Waals surface area (Å²) in [6, 6.07) is 12.0. The van der Waals surface area contributed by atoms with Crippen molar-refractivity contribution in [2.45, 2.75) is 26.1 Å². The highest BCUT2D eigenvalue weighted by Gasteiger charge is 2.20. The molecule has 0 unspecified atom stereocenters. The molecule has 0 fully saturated rings. The number of nitrogens with zero attached hydrogens (tertiary/aromatic N) is 4. The van der Waals surface area contributed by atoms with Crippen LogP contribution in [0.4, 0.5) is 10.2 Å². The van der Waals surface area contributed by atoms with Gasteiger partial charge in [0.25, 0.3) is 5.95 Å². The molecule has 0 radical (unpaired) electrons. The van der Waals surface area contributed by atoms with Gasteiger partial charge in [-0.1, -0.05) is 24.3 Å². The zero-order chi connectivity index (χ0) is 23.7. The van der Waals surface area contributed by atoms with E-state index in [0.717, 1.165) is 39.5 Å². The highest BCUT2D eigenvalue weighted by atomic mass is 32.2. The summed E-state index contributed by atoms with van der Waals surface area (Å²) in [6.07, 6.45) is 3.45. The number of nitrogens with one attached hydrogen (secondary N) is 2. The van der Waals surface area contributed by atoms with Crippen LogP contribution in [0.5, 0.6) is 0 Å². The van der Waals surface area contributed by atoms with Gasteiger partial charge in [-0.3, -0.25) is 0 Å². The van der Waals surface area contributed by atoms with Crippen molar-refractivity contribution in [2.75, 3.05) is 18.2 Å². The largest absolute Gasteiger partial charge is 0.376 e. The summed E-state index contributed by atoms with van der Waals surface area (Å²) >= 11 is 0. The molecule has 34 heavy (non-hydrogen) atoms. The van der Waals surface area contributed by atoms with Gasteiger partial charge in [0.1, 0.15) is 11.6 Å². The van der Waals surface area contributed by atoms with Crippen LogP contribution in [0, 0.1) is 5.82 Å². The van der Waals surface area contributed by atoms with E-state index >= 15 is 0 Å². The summed E-state index contributed by atoms with van der Waals surface area (Å²) in [7, 11) is -3.33. The molecule has 1 aliphatic rings. The average Bonchev–Trinajstić information content (AvgIpc) is 3.25. The maximum absolute atomic E-state index is 13.6. The van der Waals surface area contributed by atoms with E-state index in [1.165, 1.54) is 12.1 Å². The van der Waals surface area contributed by atoms with E-state index < -0.39 is 10.0 Å². The summed E-state index contributed by atoms with van der Waals surface area (Å²) in [5.41, 5.74) is 4.09. The fourth-order valence-electron chi connectivity index (χ4n) is 3.93. The smallest absolute Gasteiger partial charge is 0.253 e. The molecule has 0 amide bonds. The standard InChI is InChI=1S/C23H23FN6O3S/c1-34(31,32)27-12-16-5-3-7-21-18(16)13-26-30(21)23-28-20-8-9-33-14-19(20)22(29-23)25-11-15-4-2-6-17(24)10-15/h2-7,10,13,27H,8-9,11-12,14H2,1H3,(H,25,28,29). The molecule has 0 aliphatic carbocycles. The second kappa shape index (κ2) is 9.09. The van der Waals surface area contributed by atoms with Crippen LogP contribution >= 0.6 is 0 Å². The second-order valence-corrected chi connectivity index (χ2v) is 9.92. The molecule has 2 aromatic carbocycles. The molecule has 0 bridgehead atoms. The lowest BCUT2D eigenvalue weighted by atomic mass is 10.1. The Morgan fingerprint density at radius 1 is 1.15 bits per heavy atom. The van der Waals surface area contributed by atoms with Gasteiger partial charge in [0.2, 0.25) is 10.0 Å². The fourth-order valence-corrected chi connectivity index (χ4v) is 4.34. The van der Waals surface area contributed by atoms with Crippen LogP contribution in [0.1, 0.15) is 22.4 Å². The summed E-state index contributed by atoms with van der Waals surface area (Å²) < 4.78 is 46.4. The van der Waals surface area contributed by atoms with Crippen LogP contribution in [-0.2, 0) is 40.9 Å². The van der Waals surface area contributed by atoms with E-state index in [0.29, 0.717) is 37.9 Å². The molecule has 3 heterocycles. The Bertz CT molecular complexity index is 1470. The van der Waals surface area contributed by atoms with E-state index in [1.54, 1.807) is 16.9 Å². The lowest BCUT2D eigenvalue weighted by Gasteiger charge is -2.20. The van der Waals surface area contributed by atoms with Crippen LogP contribution in [0.25, 0.3) is 16.9 Å². The van der Waals surface area contributed by atoms with Crippen LogP contribution in [-0.4, -0.2) is 41.0 Å². The number of hydrogen-bond acceptors (Lipinski definition) is 7. The van der Waals surface area contributed by atoms with Crippen LogP contribution in [0.3, 0.4) is 0 Å². The minimum absolute atomic E-state index is 0.157. The molecular formula is C23H23FN6O3S. The molecule has 11 heteroatoms. The molecule has 4 aromatic rings. The first kappa shape index (κ1) is 22.4. The van der Waals surface area contributed by atoms with Crippen molar-refractivity contribution >= 4 is 26.7 Å². The minimum atomic E-state index is -3.33. The van der Waals surface area contributed by atoms with Crippen LogP contribution in [0.15, 0.2) is 48.7 Å². The Hall–Kier alpha value is -3.41. The van der Waals surface area contributed by atoms with E-state index in [-0.39, 0.29) is 12.4 Å². The number of aromatic nitrogens is 4. The Morgan fingerprint density at radius 3 is 2.82 bits per heavy atom. The number of sulfonamides is 1. The molecule has 5 rings (SSSR count). The van der Waals surface area contributed by atoms with Crippen molar-refractivity contribution < 1.29 is 17.5 Å². The predicted molar refractivity (Wildman–Crippen MR) is 125 cm³/mol. The third-order valence-electron chi connectivity index (χ3n) is 5.58. The SMILES string of the molecule is CS(=O)(=O)NCc1cccc2c1cnn2-c1nc2c(c(NCc3cccc(F)c3)n1)COCC2. The van der Waals surface area contributed by atoms with Crippen molar-refractivity contribution in [1.82, 2.24) is 24.5 Å². The lowest BCUT2D eigenvalue weighted by Crippen LogP contribution is -2.21. The Kier molecular flexibility index (Phi) is 5.98. The monoisotopic (exact) mass is 482 g/mol. The maximum Gasteiger partial charge on any atom is 0.253 e. The highest BCUT2D eigenvalue weighted by molar-refractivity contribution is 7.88. The predicted octanol–water partition coefficient (Wildman–Crippen LogP) is 2.69. The average molecular weight is 483 g/mol. The van der Waals surface area contributed by atoms with E-state index in [1.807, 2.05) is 24.3 Å². The molecule has 2 aromatic heterocycles. The molecular weight excluding hydrogens is 459 g/mol. The Balaban J connectivity index is 1.52. The molecule has 0 atom stereocenters. The van der Waals surface area contributed by atoms with Gasteiger partial charge < -0.3 is 10.1 Å². The van der Waals surface area contributed by atoms with Crippen LogP contribution in [0.2, 0.25) is 0 Å². The first-order valence-corrected chi connectivity index (χ1v) is 12.6. The number of hydrogen-bond donors (Lipinski definition) is 2. The zero-order valence-corrected chi connectivity index (χ0v) is 19.3. The Labute approximate surface area is 196 Å². The first-order chi connectivity index (χ1) is 16.4. The van der Waals surface area contributed by atoms with Gasteiger partial charge in [0.05, 0.1) is 36.9 Å². The van der Waals surface area contributed by atoms with Gasteiger partial charge in [-0.15, -0.1) is 0 Å². The molecule has 0 saturated heterocycles. The summed E-state index contributed by atoms with van der Waals surface area (Å²) in [6.45, 7) is 1.50. The van der Waals surface area contributed by atoms with Crippen molar-refractivity contribution in [2.24, 2.45) is 0 Å². The third kappa shape index (κ3) is 4.76. The zero-order valence-electron chi connectivity index (χ0n) is 18.5. The molecule has 0 saturated carbocycles. The van der Waals surface area contributed by atoms with Gasteiger partial charge in [-0.2, -0.15) is 14.8 Å². The van der Waals surface area contributed by atoms with Gasteiger partial charge in [0.15, 0.2) is 0 Å². The maximum atomic E-state index is 13.6. The van der Waals surface area contributed by atoms with Gasteiger partial charge >= 0.3 is 0 Å². The third-order valence-corrected chi connectivity index (χ3v) is 6.25. The van der Waals surface area contributed by atoms with Crippen molar-refractivity contribution in [3.05, 3.63) is 76.9 Å². The quantitative estimate of drug-likeness (QED) is 0.417. The normalized spacial score (nSPS) is 13.7. The number of fused-ring (bicyclic) bond motifs is 2.